The maximum atomic E-state index is 9.16. The predicted octanol–water partition coefficient (Wildman–Crippen LogP) is 1.69. The zero-order valence-corrected chi connectivity index (χ0v) is 10.9. The first-order valence-corrected chi connectivity index (χ1v) is 6.75. The third-order valence-corrected chi connectivity index (χ3v) is 3.77. The van der Waals surface area contributed by atoms with E-state index in [1.807, 2.05) is 10.8 Å². The van der Waals surface area contributed by atoms with Crippen molar-refractivity contribution in [3.8, 4) is 5.69 Å². The molecule has 0 spiro atoms. The van der Waals surface area contributed by atoms with Crippen LogP contribution in [0, 0.1) is 5.92 Å². The number of imidazole rings is 1. The fourth-order valence-electron chi connectivity index (χ4n) is 2.65. The summed E-state index contributed by atoms with van der Waals surface area (Å²) in [5.74, 6) is 0.463. The zero-order valence-electron chi connectivity index (χ0n) is 10.9. The summed E-state index contributed by atoms with van der Waals surface area (Å²) in [6.07, 6.45) is 6.65. The molecule has 3 rings (SSSR count). The van der Waals surface area contributed by atoms with Crippen LogP contribution in [0.1, 0.15) is 12.0 Å². The van der Waals surface area contributed by atoms with Gasteiger partial charge >= 0.3 is 0 Å². The van der Waals surface area contributed by atoms with Crippen LogP contribution in [0.2, 0.25) is 0 Å². The molecule has 0 aliphatic carbocycles. The lowest BCUT2D eigenvalue weighted by Gasteiger charge is -2.15. The van der Waals surface area contributed by atoms with Crippen LogP contribution in [0.4, 0.5) is 0 Å². The lowest BCUT2D eigenvalue weighted by molar-refractivity contribution is 0.220. The monoisotopic (exact) mass is 257 g/mol. The number of aromatic nitrogens is 2. The number of hydrogen-bond donors (Lipinski definition) is 1. The van der Waals surface area contributed by atoms with Crippen LogP contribution >= 0.6 is 0 Å². The Morgan fingerprint density at radius 2 is 2.11 bits per heavy atom. The highest BCUT2D eigenvalue weighted by Crippen LogP contribution is 2.18. The van der Waals surface area contributed by atoms with Crippen LogP contribution in [-0.4, -0.2) is 39.3 Å². The van der Waals surface area contributed by atoms with Gasteiger partial charge in [-0.05, 0) is 36.6 Å². The van der Waals surface area contributed by atoms with E-state index >= 15 is 0 Å². The summed E-state index contributed by atoms with van der Waals surface area (Å²) in [4.78, 5) is 6.46. The highest BCUT2D eigenvalue weighted by atomic mass is 16.3. The Kier molecular flexibility index (Phi) is 3.62. The largest absolute Gasteiger partial charge is 0.396 e. The summed E-state index contributed by atoms with van der Waals surface area (Å²) in [5.41, 5.74) is 2.46. The number of benzene rings is 1. The van der Waals surface area contributed by atoms with E-state index in [9.17, 15) is 0 Å². The average Bonchev–Trinajstić information content (AvgIpc) is 3.10. The summed E-state index contributed by atoms with van der Waals surface area (Å²) in [6, 6.07) is 8.58. The normalized spacial score (nSPS) is 19.9. The highest BCUT2D eigenvalue weighted by molar-refractivity contribution is 5.34. The van der Waals surface area contributed by atoms with E-state index in [1.54, 1.807) is 12.5 Å². The first-order valence-electron chi connectivity index (χ1n) is 6.75. The molecule has 1 N–H and O–H groups in total. The molecule has 100 valence electrons. The smallest absolute Gasteiger partial charge is 0.0991 e. The Labute approximate surface area is 113 Å². The molecule has 0 saturated carbocycles. The van der Waals surface area contributed by atoms with E-state index in [2.05, 4.69) is 34.1 Å². The molecule has 4 nitrogen and oxygen atoms in total. The second kappa shape index (κ2) is 5.55. The topological polar surface area (TPSA) is 41.3 Å². The Bertz CT molecular complexity index is 507. The minimum Gasteiger partial charge on any atom is -0.396 e. The summed E-state index contributed by atoms with van der Waals surface area (Å²) < 4.78 is 2.00. The Morgan fingerprint density at radius 3 is 2.74 bits per heavy atom. The van der Waals surface area contributed by atoms with Gasteiger partial charge in [0.25, 0.3) is 0 Å². The number of aliphatic hydroxyl groups is 1. The van der Waals surface area contributed by atoms with Crippen molar-refractivity contribution in [3.63, 3.8) is 0 Å². The minimum absolute atomic E-state index is 0.316. The van der Waals surface area contributed by atoms with Crippen molar-refractivity contribution in [2.75, 3.05) is 19.7 Å². The predicted molar refractivity (Wildman–Crippen MR) is 74.0 cm³/mol. The first kappa shape index (κ1) is 12.4. The fraction of sp³-hybridized carbons (Fsp3) is 0.400. The summed E-state index contributed by atoms with van der Waals surface area (Å²) in [7, 11) is 0. The fourth-order valence-corrected chi connectivity index (χ4v) is 2.65. The van der Waals surface area contributed by atoms with Crippen molar-refractivity contribution in [1.82, 2.24) is 14.5 Å². The molecule has 4 heteroatoms. The van der Waals surface area contributed by atoms with Crippen molar-refractivity contribution in [2.45, 2.75) is 13.0 Å². The van der Waals surface area contributed by atoms with E-state index in [0.717, 1.165) is 31.7 Å². The second-order valence-electron chi connectivity index (χ2n) is 5.21. The van der Waals surface area contributed by atoms with Crippen LogP contribution in [0.15, 0.2) is 43.0 Å². The molecule has 0 amide bonds. The van der Waals surface area contributed by atoms with Crippen molar-refractivity contribution in [3.05, 3.63) is 48.5 Å². The summed E-state index contributed by atoms with van der Waals surface area (Å²) in [6.45, 7) is 3.39. The van der Waals surface area contributed by atoms with Crippen LogP contribution in [0.25, 0.3) is 5.69 Å². The average molecular weight is 257 g/mol. The van der Waals surface area contributed by atoms with Crippen molar-refractivity contribution in [1.29, 1.82) is 0 Å². The van der Waals surface area contributed by atoms with Gasteiger partial charge in [0.05, 0.1) is 6.33 Å². The van der Waals surface area contributed by atoms with Gasteiger partial charge in [0, 0.05) is 37.8 Å². The molecule has 1 unspecified atom stereocenters. The van der Waals surface area contributed by atoms with Crippen LogP contribution in [0.5, 0.6) is 0 Å². The van der Waals surface area contributed by atoms with Crippen molar-refractivity contribution >= 4 is 0 Å². The molecule has 1 fully saturated rings. The standard InChI is InChI=1S/C15H19N3O/c19-11-14-5-7-17(10-14)9-13-1-3-15(4-2-13)18-8-6-16-12-18/h1-4,6,8,12,14,19H,5,7,9-11H2. The molecule has 1 atom stereocenters. The lowest BCUT2D eigenvalue weighted by atomic mass is 10.1. The van der Waals surface area contributed by atoms with Gasteiger partial charge in [-0.3, -0.25) is 4.90 Å². The first-order chi connectivity index (χ1) is 9.35. The summed E-state index contributed by atoms with van der Waals surface area (Å²) in [5, 5.41) is 9.16. The SMILES string of the molecule is OCC1CCN(Cc2ccc(-n3ccnc3)cc2)C1. The lowest BCUT2D eigenvalue weighted by Crippen LogP contribution is -2.20. The van der Waals surface area contributed by atoms with E-state index in [0.29, 0.717) is 12.5 Å². The second-order valence-corrected chi connectivity index (χ2v) is 5.21. The van der Waals surface area contributed by atoms with Gasteiger partial charge < -0.3 is 9.67 Å². The molecule has 1 aromatic carbocycles. The van der Waals surface area contributed by atoms with Crippen molar-refractivity contribution < 1.29 is 5.11 Å². The molecule has 1 aliphatic heterocycles. The molecule has 2 aromatic rings. The highest BCUT2D eigenvalue weighted by Gasteiger charge is 2.21. The molecular formula is C15H19N3O. The summed E-state index contributed by atoms with van der Waals surface area (Å²) >= 11 is 0. The minimum atomic E-state index is 0.316. The van der Waals surface area contributed by atoms with E-state index in [-0.39, 0.29) is 0 Å². The molecule has 0 bridgehead atoms. The number of aliphatic hydroxyl groups excluding tert-OH is 1. The molecular weight excluding hydrogens is 238 g/mol. The van der Waals surface area contributed by atoms with Crippen LogP contribution < -0.4 is 0 Å². The third-order valence-electron chi connectivity index (χ3n) is 3.77. The maximum absolute atomic E-state index is 9.16. The maximum Gasteiger partial charge on any atom is 0.0991 e. The number of rotatable bonds is 4. The molecule has 1 aliphatic rings. The van der Waals surface area contributed by atoms with Crippen LogP contribution in [-0.2, 0) is 6.54 Å². The molecule has 1 saturated heterocycles. The third kappa shape index (κ3) is 2.85. The Morgan fingerprint density at radius 1 is 1.26 bits per heavy atom. The number of nitrogens with zero attached hydrogens (tertiary/aromatic N) is 3. The van der Waals surface area contributed by atoms with Crippen molar-refractivity contribution in [2.24, 2.45) is 5.92 Å². The Balaban J connectivity index is 1.63. The van der Waals surface area contributed by atoms with Gasteiger partial charge in [0.1, 0.15) is 0 Å². The van der Waals surface area contributed by atoms with Crippen LogP contribution in [0.3, 0.4) is 0 Å². The van der Waals surface area contributed by atoms with Gasteiger partial charge in [0.2, 0.25) is 0 Å². The number of hydrogen-bond acceptors (Lipinski definition) is 3. The molecule has 19 heavy (non-hydrogen) atoms. The van der Waals surface area contributed by atoms with Gasteiger partial charge in [-0.25, -0.2) is 4.98 Å². The quantitative estimate of drug-likeness (QED) is 0.906. The van der Waals surface area contributed by atoms with Gasteiger partial charge in [-0.15, -0.1) is 0 Å². The van der Waals surface area contributed by atoms with E-state index in [4.69, 9.17) is 5.11 Å². The number of likely N-dealkylation sites (tertiary alicyclic amines) is 1. The molecule has 2 heterocycles. The van der Waals surface area contributed by atoms with E-state index in [1.165, 1.54) is 5.56 Å². The van der Waals surface area contributed by atoms with Gasteiger partial charge in [-0.2, -0.15) is 0 Å². The Hall–Kier alpha value is -1.65. The van der Waals surface area contributed by atoms with E-state index < -0.39 is 0 Å². The molecule has 1 aromatic heterocycles. The van der Waals surface area contributed by atoms with Gasteiger partial charge in [-0.1, -0.05) is 12.1 Å². The molecule has 0 radical (unpaired) electrons. The van der Waals surface area contributed by atoms with Gasteiger partial charge in [0.15, 0.2) is 0 Å². The zero-order chi connectivity index (χ0) is 13.1.